The summed E-state index contributed by atoms with van der Waals surface area (Å²) in [4.78, 5) is 172. The van der Waals surface area contributed by atoms with Crippen LogP contribution in [0.4, 0.5) is 8.78 Å². The van der Waals surface area contributed by atoms with Crippen molar-refractivity contribution >= 4 is 71.0 Å². The summed E-state index contributed by atoms with van der Waals surface area (Å²) in [6, 6.07) is -11.8. The number of aliphatic hydroxyl groups excluding tert-OH is 1. The maximum Gasteiger partial charge on any atom is 0.389 e. The number of nitrogens with one attached hydrogen (secondary N) is 5. The van der Waals surface area contributed by atoms with Crippen molar-refractivity contribution in [2.75, 3.05) is 55.9 Å². The van der Waals surface area contributed by atoms with Gasteiger partial charge in [-0.2, -0.15) is 8.78 Å². The van der Waals surface area contributed by atoms with Crippen molar-refractivity contribution in [3.8, 4) is 0 Å². The number of esters is 1. The number of carboxylic acid groups (broad SMARTS) is 1. The number of amides is 10. The smallest absolute Gasteiger partial charge is 0.389 e. The molecule has 7 N–H and O–H groups in total. The van der Waals surface area contributed by atoms with Gasteiger partial charge in [-0.05, 0) is 101 Å². The molecule has 0 bridgehead atoms. The third-order valence-electron chi connectivity index (χ3n) is 15.9. The fourth-order valence-electron chi connectivity index (χ4n) is 10.4. The zero-order valence-electron chi connectivity index (χ0n) is 58.2. The van der Waals surface area contributed by atoms with Crippen molar-refractivity contribution in [1.29, 1.82) is 0 Å². The Labute approximate surface area is 538 Å². The third kappa shape index (κ3) is 26.7. The number of hydrogen-bond donors (Lipinski definition) is 7. The molecule has 0 fully saturated rings. The van der Waals surface area contributed by atoms with Crippen LogP contribution < -0.4 is 26.6 Å². The molecule has 522 valence electrons. The molecule has 0 aromatic rings. The number of carbonyl (C=O) groups is 12. The average molecular weight is 1300 g/mol. The first-order valence-electron chi connectivity index (χ1n) is 31.4. The lowest BCUT2D eigenvalue weighted by molar-refractivity contribution is -0.170. The van der Waals surface area contributed by atoms with Crippen LogP contribution in [0.25, 0.3) is 0 Å². The number of carboxylic acids is 1. The van der Waals surface area contributed by atoms with Crippen molar-refractivity contribution < 1.29 is 81.3 Å². The fraction of sp³-hybridized carbons (Fsp3) is 0.778. The number of allylic oxidation sites excluding steroid dienone is 1. The Morgan fingerprint density at radius 1 is 0.495 bits per heavy atom. The molecule has 0 aromatic heterocycles. The van der Waals surface area contributed by atoms with E-state index in [2.05, 4.69) is 31.3 Å². The van der Waals surface area contributed by atoms with Crippen molar-refractivity contribution in [3.63, 3.8) is 0 Å². The van der Waals surface area contributed by atoms with E-state index in [0.29, 0.717) is 0 Å². The summed E-state index contributed by atoms with van der Waals surface area (Å²) >= 11 is 0. The van der Waals surface area contributed by atoms with E-state index in [1.165, 1.54) is 88.9 Å². The Bertz CT molecular complexity index is 2480. The van der Waals surface area contributed by atoms with Crippen LogP contribution in [0.5, 0.6) is 0 Å². The van der Waals surface area contributed by atoms with Crippen molar-refractivity contribution in [2.24, 2.45) is 41.4 Å². The largest absolute Gasteiger partial charge is 0.480 e. The molecule has 0 aliphatic heterocycles. The summed E-state index contributed by atoms with van der Waals surface area (Å²) in [5.41, 5.74) is 0. The van der Waals surface area contributed by atoms with Crippen molar-refractivity contribution in [3.05, 3.63) is 12.2 Å². The van der Waals surface area contributed by atoms with Crippen LogP contribution in [0.3, 0.4) is 0 Å². The minimum absolute atomic E-state index is 0.00486. The van der Waals surface area contributed by atoms with Gasteiger partial charge in [0.15, 0.2) is 0 Å². The minimum Gasteiger partial charge on any atom is -0.480 e. The SMILES string of the molecule is CCC(NC(=O)C(NC)[C@H](O)[C@H](C)C/C=C/C(=O)OC(F)F)C(=O)N(C)CC(=O)N(C)[C@@H](CC(C)C)C(=O)N[C@H](C(=O)N(C)[C@@H](CC(C)C)C(=O)N[C@H](C)C(=O)N[C@H](C)C(=O)N(C)[C@@H](CC(C)C)C(=O)N(C)[C@@H](CC(C)C)C(=O)N(C)[C@H](C(=O)O)C(C)C)C(C)C. The molecule has 0 aliphatic carbocycles. The first kappa shape index (κ1) is 84.2. The van der Waals surface area contributed by atoms with Gasteiger partial charge in [0.25, 0.3) is 0 Å². The number of alkyl halides is 2. The molecular formula is C63H111F2N11O15. The number of ether oxygens (including phenoxy) is 1. The van der Waals surface area contributed by atoms with E-state index in [4.69, 9.17) is 0 Å². The van der Waals surface area contributed by atoms with Gasteiger partial charge in [-0.3, -0.25) is 47.9 Å². The lowest BCUT2D eigenvalue weighted by Gasteiger charge is -2.39. The molecule has 10 amide bonds. The first-order chi connectivity index (χ1) is 41.9. The van der Waals surface area contributed by atoms with E-state index in [0.717, 1.165) is 15.9 Å². The highest BCUT2D eigenvalue weighted by Gasteiger charge is 2.42. The fourth-order valence-corrected chi connectivity index (χ4v) is 10.4. The Kier molecular flexibility index (Phi) is 36.6. The summed E-state index contributed by atoms with van der Waals surface area (Å²) < 4.78 is 28.5. The molecule has 0 heterocycles. The number of aliphatic carboxylic acids is 1. The quantitative estimate of drug-likeness (QED) is 0.0344. The molecular weight excluding hydrogens is 1190 g/mol. The monoisotopic (exact) mass is 1300 g/mol. The molecule has 28 heteroatoms. The molecule has 0 saturated heterocycles. The van der Waals surface area contributed by atoms with Crippen LogP contribution in [0.15, 0.2) is 12.2 Å². The van der Waals surface area contributed by atoms with Gasteiger partial charge >= 0.3 is 18.6 Å². The van der Waals surface area contributed by atoms with E-state index in [1.807, 2.05) is 55.4 Å². The molecule has 12 atom stereocenters. The van der Waals surface area contributed by atoms with Crippen LogP contribution in [0.2, 0.25) is 0 Å². The molecule has 0 radical (unpaired) electrons. The highest BCUT2D eigenvalue weighted by atomic mass is 19.3. The molecule has 0 saturated carbocycles. The van der Waals surface area contributed by atoms with Crippen LogP contribution in [-0.2, 0) is 62.3 Å². The molecule has 0 rings (SSSR count). The average Bonchev–Trinajstić information content (AvgIpc) is 0.891. The topological polar surface area (TPSA) is 334 Å². The van der Waals surface area contributed by atoms with Crippen LogP contribution in [0.1, 0.15) is 149 Å². The lowest BCUT2D eigenvalue weighted by atomic mass is 9.93. The molecule has 91 heavy (non-hydrogen) atoms. The van der Waals surface area contributed by atoms with E-state index in [9.17, 15) is 76.5 Å². The number of likely N-dealkylation sites (N-methyl/N-ethyl adjacent to an activating group) is 7. The molecule has 2 unspecified atom stereocenters. The van der Waals surface area contributed by atoms with Gasteiger partial charge in [-0.1, -0.05) is 103 Å². The number of nitrogens with zero attached hydrogens (tertiary/aromatic N) is 6. The van der Waals surface area contributed by atoms with E-state index < -0.39 is 168 Å². The van der Waals surface area contributed by atoms with Gasteiger partial charge in [-0.15, -0.1) is 0 Å². The Hall–Kier alpha value is -6.84. The predicted octanol–water partition coefficient (Wildman–Crippen LogP) is 2.85. The molecule has 0 aliphatic rings. The standard InChI is InChI=1S/C63H111F2N11O15/c1-24-42(69-56(83)50(66-17)52(79)39(14)26-25-27-48(78)91-63(64)65)58(85)71(18)32-47(77)72(19)43(28-33(2)3)55(82)70-49(37(10)11)61(88)73(20)44(29-34(4)5)54(81)67-40(15)53(80)68-41(16)57(84)74(21)45(30-35(6)7)59(86)75(22)46(31-36(8)9)60(87)76(23)51(38(12)13)62(89)90/h25,27,33-46,49-52,63,66,79H,24,26,28-32H2,1-23H3,(H,67,81)(H,68,80)(H,69,83)(H,70,82)(H,89,90)/b27-25+/t39-,40-,41-,42?,43+,44+,45+,46+,49+,50?,51+,52-/m1/s1. The summed E-state index contributed by atoms with van der Waals surface area (Å²) in [6.45, 7) is 23.6. The zero-order chi connectivity index (χ0) is 71.0. The van der Waals surface area contributed by atoms with Crippen LogP contribution in [-0.4, -0.2) is 240 Å². The maximum absolute atomic E-state index is 14.6. The highest BCUT2D eigenvalue weighted by Crippen LogP contribution is 2.23. The molecule has 26 nitrogen and oxygen atoms in total. The third-order valence-corrected chi connectivity index (χ3v) is 15.9. The number of aliphatic hydroxyl groups is 1. The number of carbonyl (C=O) groups excluding carboxylic acids is 11. The summed E-state index contributed by atoms with van der Waals surface area (Å²) in [5.74, 6) is -11.5. The van der Waals surface area contributed by atoms with E-state index >= 15 is 0 Å². The Morgan fingerprint density at radius 3 is 1.35 bits per heavy atom. The van der Waals surface area contributed by atoms with Gasteiger partial charge < -0.3 is 70.9 Å². The number of hydrogen-bond acceptors (Lipinski definition) is 15. The summed E-state index contributed by atoms with van der Waals surface area (Å²) in [6.07, 6.45) is 1.29. The Morgan fingerprint density at radius 2 is 0.923 bits per heavy atom. The van der Waals surface area contributed by atoms with E-state index in [1.54, 1.807) is 41.5 Å². The normalized spacial score (nSPS) is 15.7. The number of halogens is 2. The van der Waals surface area contributed by atoms with Gasteiger partial charge in [0, 0.05) is 48.4 Å². The first-order valence-corrected chi connectivity index (χ1v) is 31.4. The minimum atomic E-state index is -3.31. The van der Waals surface area contributed by atoms with Gasteiger partial charge in [-0.25, -0.2) is 9.59 Å². The van der Waals surface area contributed by atoms with E-state index in [-0.39, 0.29) is 62.2 Å². The summed E-state index contributed by atoms with van der Waals surface area (Å²) in [7, 11) is 9.76. The van der Waals surface area contributed by atoms with Crippen LogP contribution in [0, 0.1) is 41.4 Å². The highest BCUT2D eigenvalue weighted by molar-refractivity contribution is 5.98. The lowest BCUT2D eigenvalue weighted by Crippen LogP contribution is -2.61. The van der Waals surface area contributed by atoms with Gasteiger partial charge in [0.05, 0.1) is 12.6 Å². The predicted molar refractivity (Wildman–Crippen MR) is 339 cm³/mol. The summed E-state index contributed by atoms with van der Waals surface area (Å²) in [5, 5.41) is 34.4. The second-order valence-electron chi connectivity index (χ2n) is 26.3. The maximum atomic E-state index is 14.6. The van der Waals surface area contributed by atoms with Crippen molar-refractivity contribution in [1.82, 2.24) is 56.0 Å². The zero-order valence-corrected chi connectivity index (χ0v) is 58.2. The second-order valence-corrected chi connectivity index (χ2v) is 26.3. The van der Waals surface area contributed by atoms with Crippen molar-refractivity contribution in [2.45, 2.75) is 222 Å². The Balaban J connectivity index is 6.47. The van der Waals surface area contributed by atoms with Gasteiger partial charge in [0.1, 0.15) is 60.4 Å². The molecule has 0 spiro atoms. The second kappa shape index (κ2) is 39.5. The molecule has 0 aromatic carbocycles. The number of rotatable bonds is 39. The van der Waals surface area contributed by atoms with Gasteiger partial charge in [0.2, 0.25) is 59.1 Å². The van der Waals surface area contributed by atoms with Crippen LogP contribution >= 0.6 is 0 Å².